The lowest BCUT2D eigenvalue weighted by Crippen LogP contribution is -2.12. The molecule has 0 unspecified atom stereocenters. The van der Waals surface area contributed by atoms with E-state index in [1.165, 1.54) is 0 Å². The SMILES string of the molecule is Cc1cc(C(=N)N)cc(C)c1OCc1c(Cl)c(C)nn1C. The van der Waals surface area contributed by atoms with Gasteiger partial charge in [-0.3, -0.25) is 10.1 Å². The molecule has 0 saturated carbocycles. The molecule has 1 aromatic heterocycles. The van der Waals surface area contributed by atoms with Gasteiger partial charge in [0.2, 0.25) is 0 Å². The quantitative estimate of drug-likeness (QED) is 0.673. The van der Waals surface area contributed by atoms with E-state index >= 15 is 0 Å². The lowest BCUT2D eigenvalue weighted by molar-refractivity contribution is 0.291. The Bertz CT molecular complexity index is 683. The Hall–Kier alpha value is -2.01. The summed E-state index contributed by atoms with van der Waals surface area (Å²) in [5.41, 5.74) is 9.73. The average molecular weight is 307 g/mol. The number of rotatable bonds is 4. The van der Waals surface area contributed by atoms with Gasteiger partial charge in [0.25, 0.3) is 0 Å². The first-order chi connectivity index (χ1) is 9.81. The van der Waals surface area contributed by atoms with Crippen LogP contribution in [0.15, 0.2) is 12.1 Å². The smallest absolute Gasteiger partial charge is 0.131 e. The van der Waals surface area contributed by atoms with Crippen molar-refractivity contribution >= 4 is 17.4 Å². The zero-order chi connectivity index (χ0) is 15.7. The summed E-state index contributed by atoms with van der Waals surface area (Å²) < 4.78 is 7.64. The zero-order valence-corrected chi connectivity index (χ0v) is 13.4. The Labute approximate surface area is 129 Å². The molecule has 0 aliphatic heterocycles. The molecule has 0 amide bonds. The number of amidine groups is 1. The maximum Gasteiger partial charge on any atom is 0.131 e. The normalized spacial score (nSPS) is 10.7. The highest BCUT2D eigenvalue weighted by Gasteiger charge is 2.14. The van der Waals surface area contributed by atoms with Crippen molar-refractivity contribution in [1.82, 2.24) is 9.78 Å². The molecule has 3 N–H and O–H groups in total. The molecule has 0 bridgehead atoms. The van der Waals surface area contributed by atoms with Crippen LogP contribution in [0.25, 0.3) is 0 Å². The third-order valence-corrected chi connectivity index (χ3v) is 3.88. The summed E-state index contributed by atoms with van der Waals surface area (Å²) in [6.07, 6.45) is 0. The van der Waals surface area contributed by atoms with E-state index in [4.69, 9.17) is 27.5 Å². The second-order valence-corrected chi connectivity index (χ2v) is 5.49. The third kappa shape index (κ3) is 3.03. The van der Waals surface area contributed by atoms with Gasteiger partial charge in [0, 0.05) is 12.6 Å². The monoisotopic (exact) mass is 306 g/mol. The largest absolute Gasteiger partial charge is 0.487 e. The minimum atomic E-state index is 0.0538. The third-order valence-electron chi connectivity index (χ3n) is 3.39. The first-order valence-corrected chi connectivity index (χ1v) is 6.95. The molecule has 0 spiro atoms. The predicted molar refractivity (Wildman–Crippen MR) is 84.2 cm³/mol. The van der Waals surface area contributed by atoms with Crippen LogP contribution in [0.2, 0.25) is 5.02 Å². The summed E-state index contributed by atoms with van der Waals surface area (Å²) in [4.78, 5) is 0. The molecule has 0 radical (unpaired) electrons. The van der Waals surface area contributed by atoms with Crippen LogP contribution in [0.5, 0.6) is 5.75 Å². The van der Waals surface area contributed by atoms with E-state index in [0.717, 1.165) is 28.3 Å². The summed E-state index contributed by atoms with van der Waals surface area (Å²) in [6.45, 7) is 6.08. The van der Waals surface area contributed by atoms with Gasteiger partial charge in [-0.05, 0) is 44.0 Å². The van der Waals surface area contributed by atoms with Crippen LogP contribution in [0, 0.1) is 26.2 Å². The minimum absolute atomic E-state index is 0.0538. The summed E-state index contributed by atoms with van der Waals surface area (Å²) in [6, 6.07) is 3.70. The van der Waals surface area contributed by atoms with Crippen LogP contribution in [-0.2, 0) is 13.7 Å². The molecule has 0 aliphatic rings. The zero-order valence-electron chi connectivity index (χ0n) is 12.6. The second kappa shape index (κ2) is 5.77. The number of hydrogen-bond acceptors (Lipinski definition) is 3. The fraction of sp³-hybridized carbons (Fsp3) is 0.333. The maximum absolute atomic E-state index is 7.50. The van der Waals surface area contributed by atoms with Crippen molar-refractivity contribution in [2.75, 3.05) is 0 Å². The van der Waals surface area contributed by atoms with Crippen molar-refractivity contribution in [3.05, 3.63) is 45.2 Å². The van der Waals surface area contributed by atoms with Crippen LogP contribution in [0.3, 0.4) is 0 Å². The maximum atomic E-state index is 7.50. The molecular formula is C15H19ClN4O. The van der Waals surface area contributed by atoms with Gasteiger partial charge in [-0.2, -0.15) is 5.10 Å². The van der Waals surface area contributed by atoms with Crippen molar-refractivity contribution in [1.29, 1.82) is 5.41 Å². The Morgan fingerprint density at radius 2 is 1.90 bits per heavy atom. The molecule has 0 fully saturated rings. The molecule has 0 saturated heterocycles. The summed E-state index contributed by atoms with van der Waals surface area (Å²) >= 11 is 6.22. The van der Waals surface area contributed by atoms with E-state index in [1.807, 2.05) is 40.0 Å². The molecule has 21 heavy (non-hydrogen) atoms. The van der Waals surface area contributed by atoms with Crippen LogP contribution < -0.4 is 10.5 Å². The molecule has 112 valence electrons. The van der Waals surface area contributed by atoms with Crippen molar-refractivity contribution in [2.45, 2.75) is 27.4 Å². The van der Waals surface area contributed by atoms with Gasteiger partial charge in [-0.15, -0.1) is 0 Å². The van der Waals surface area contributed by atoms with Gasteiger partial charge < -0.3 is 10.5 Å². The number of ether oxygens (including phenoxy) is 1. The first-order valence-electron chi connectivity index (χ1n) is 6.57. The molecular weight excluding hydrogens is 288 g/mol. The number of halogens is 1. The number of benzene rings is 1. The lowest BCUT2D eigenvalue weighted by atomic mass is 10.1. The number of aryl methyl sites for hydroxylation is 4. The lowest BCUT2D eigenvalue weighted by Gasteiger charge is -2.14. The fourth-order valence-electron chi connectivity index (χ4n) is 2.31. The highest BCUT2D eigenvalue weighted by atomic mass is 35.5. The number of nitrogens with zero attached hydrogens (tertiary/aromatic N) is 2. The van der Waals surface area contributed by atoms with E-state index in [2.05, 4.69) is 5.10 Å². The molecule has 6 heteroatoms. The van der Waals surface area contributed by atoms with Crippen LogP contribution in [0.4, 0.5) is 0 Å². The van der Waals surface area contributed by atoms with Gasteiger partial charge in [0.05, 0.1) is 16.4 Å². The van der Waals surface area contributed by atoms with E-state index < -0.39 is 0 Å². The standard InChI is InChI=1S/C15H19ClN4O/c1-8-5-11(15(17)18)6-9(2)14(8)21-7-12-13(16)10(3)19-20(12)4/h5-6H,7H2,1-4H3,(H3,17,18). The molecule has 1 aromatic carbocycles. The van der Waals surface area contributed by atoms with Crippen molar-refractivity contribution in [3.63, 3.8) is 0 Å². The van der Waals surface area contributed by atoms with E-state index in [-0.39, 0.29) is 5.84 Å². The molecule has 2 aromatic rings. The van der Waals surface area contributed by atoms with Crippen LogP contribution >= 0.6 is 11.6 Å². The Morgan fingerprint density at radius 1 is 1.33 bits per heavy atom. The molecule has 0 atom stereocenters. The van der Waals surface area contributed by atoms with Gasteiger partial charge in [-0.1, -0.05) is 11.6 Å². The Morgan fingerprint density at radius 3 is 2.33 bits per heavy atom. The predicted octanol–water partition coefficient (Wildman–Crippen LogP) is 2.86. The van der Waals surface area contributed by atoms with Crippen molar-refractivity contribution < 1.29 is 4.74 Å². The van der Waals surface area contributed by atoms with Gasteiger partial charge in [0.1, 0.15) is 18.2 Å². The summed E-state index contributed by atoms with van der Waals surface area (Å²) in [7, 11) is 1.84. The van der Waals surface area contributed by atoms with E-state index in [1.54, 1.807) is 4.68 Å². The van der Waals surface area contributed by atoms with Gasteiger partial charge >= 0.3 is 0 Å². The number of aromatic nitrogens is 2. The Balaban J connectivity index is 2.26. The van der Waals surface area contributed by atoms with Crippen LogP contribution in [-0.4, -0.2) is 15.6 Å². The average Bonchev–Trinajstić information content (AvgIpc) is 2.63. The van der Waals surface area contributed by atoms with Gasteiger partial charge in [-0.25, -0.2) is 0 Å². The van der Waals surface area contributed by atoms with Crippen molar-refractivity contribution in [2.24, 2.45) is 12.8 Å². The molecule has 2 rings (SSSR count). The van der Waals surface area contributed by atoms with Crippen LogP contribution in [0.1, 0.15) is 28.1 Å². The Kier molecular flexibility index (Phi) is 4.23. The highest BCUT2D eigenvalue weighted by Crippen LogP contribution is 2.27. The van der Waals surface area contributed by atoms with Gasteiger partial charge in [0.15, 0.2) is 0 Å². The fourth-order valence-corrected chi connectivity index (χ4v) is 2.53. The molecule has 5 nitrogen and oxygen atoms in total. The molecule has 0 aliphatic carbocycles. The highest BCUT2D eigenvalue weighted by molar-refractivity contribution is 6.31. The summed E-state index contributed by atoms with van der Waals surface area (Å²) in [5.74, 6) is 0.841. The van der Waals surface area contributed by atoms with E-state index in [0.29, 0.717) is 17.2 Å². The first kappa shape index (κ1) is 15.4. The number of hydrogen-bond donors (Lipinski definition) is 2. The minimum Gasteiger partial charge on any atom is -0.487 e. The van der Waals surface area contributed by atoms with E-state index in [9.17, 15) is 0 Å². The summed E-state index contributed by atoms with van der Waals surface area (Å²) in [5, 5.41) is 12.4. The second-order valence-electron chi connectivity index (χ2n) is 5.11. The number of nitrogens with two attached hydrogens (primary N) is 1. The number of nitrogens with one attached hydrogen (secondary N) is 1. The van der Waals surface area contributed by atoms with Crippen molar-refractivity contribution in [3.8, 4) is 5.75 Å². The molecule has 1 heterocycles. The number of nitrogen functional groups attached to an aromatic ring is 1. The topological polar surface area (TPSA) is 76.9 Å².